The molecule has 6 heteroatoms. The number of rotatable bonds is 6. The summed E-state index contributed by atoms with van der Waals surface area (Å²) in [6.07, 6.45) is 2.21. The average molecular weight is 396 g/mol. The van der Waals surface area contributed by atoms with Gasteiger partial charge in [-0.15, -0.1) is 11.3 Å². The zero-order valence-corrected chi connectivity index (χ0v) is 16.9. The summed E-state index contributed by atoms with van der Waals surface area (Å²) in [5, 5.41) is 4.52. The molecule has 0 saturated carbocycles. The first-order chi connectivity index (χ1) is 13.8. The molecule has 1 atom stereocenters. The largest absolute Gasteiger partial charge is 0.496 e. The Morgan fingerprint density at radius 3 is 2.93 bits per heavy atom. The van der Waals surface area contributed by atoms with E-state index >= 15 is 0 Å². The molecule has 1 N–H and O–H groups in total. The third-order valence-corrected chi connectivity index (χ3v) is 6.28. The minimum atomic E-state index is 0.0138. The van der Waals surface area contributed by atoms with E-state index in [1.807, 2.05) is 41.3 Å². The Balaban J connectivity index is 1.40. The van der Waals surface area contributed by atoms with Crippen LogP contribution in [0.3, 0.4) is 0 Å². The highest BCUT2D eigenvalue weighted by Crippen LogP contribution is 2.31. The summed E-state index contributed by atoms with van der Waals surface area (Å²) in [7, 11) is 1.68. The fourth-order valence-electron chi connectivity index (χ4n) is 3.78. The molecule has 0 bridgehead atoms. The van der Waals surface area contributed by atoms with Gasteiger partial charge < -0.3 is 15.0 Å². The zero-order valence-electron chi connectivity index (χ0n) is 16.1. The topological polar surface area (TPSA) is 54.5 Å². The van der Waals surface area contributed by atoms with Crippen LogP contribution in [0.5, 0.6) is 5.75 Å². The Bertz CT molecular complexity index is 923. The Morgan fingerprint density at radius 1 is 1.25 bits per heavy atom. The van der Waals surface area contributed by atoms with Gasteiger partial charge in [0.1, 0.15) is 5.75 Å². The molecule has 146 valence electrons. The van der Waals surface area contributed by atoms with Crippen LogP contribution in [0.2, 0.25) is 0 Å². The van der Waals surface area contributed by atoms with Gasteiger partial charge in [-0.3, -0.25) is 4.79 Å². The summed E-state index contributed by atoms with van der Waals surface area (Å²) in [5.41, 5.74) is 2.11. The van der Waals surface area contributed by atoms with Gasteiger partial charge in [-0.05, 0) is 31.0 Å². The van der Waals surface area contributed by atoms with E-state index in [1.54, 1.807) is 18.4 Å². The molecule has 1 fully saturated rings. The maximum Gasteiger partial charge on any atom is 0.223 e. The van der Waals surface area contributed by atoms with Crippen molar-refractivity contribution >= 4 is 27.5 Å². The quantitative estimate of drug-likeness (QED) is 0.690. The van der Waals surface area contributed by atoms with Crippen LogP contribution in [0.4, 0.5) is 0 Å². The number of ether oxygens (including phenoxy) is 1. The third kappa shape index (κ3) is 4.03. The lowest BCUT2D eigenvalue weighted by atomic mass is 10.0. The number of thiazole rings is 1. The molecule has 1 amide bonds. The second-order valence-corrected chi connectivity index (χ2v) is 8.09. The predicted octanol–water partition coefficient (Wildman–Crippen LogP) is 3.80. The van der Waals surface area contributed by atoms with Crippen molar-refractivity contribution in [2.24, 2.45) is 0 Å². The molecule has 2 heterocycles. The van der Waals surface area contributed by atoms with Gasteiger partial charge in [0, 0.05) is 31.6 Å². The van der Waals surface area contributed by atoms with E-state index in [2.05, 4.69) is 22.4 Å². The number of para-hydroxylation sites is 2. The van der Waals surface area contributed by atoms with Crippen molar-refractivity contribution in [3.63, 3.8) is 0 Å². The first kappa shape index (κ1) is 18.9. The molecule has 0 spiro atoms. The second-order valence-electron chi connectivity index (χ2n) is 6.98. The minimum absolute atomic E-state index is 0.0138. The number of benzene rings is 2. The van der Waals surface area contributed by atoms with Gasteiger partial charge in [0.05, 0.1) is 28.4 Å². The number of amides is 1. The van der Waals surface area contributed by atoms with Crippen molar-refractivity contribution in [1.82, 2.24) is 15.2 Å². The molecule has 2 aromatic carbocycles. The first-order valence-electron chi connectivity index (χ1n) is 9.74. The predicted molar refractivity (Wildman–Crippen MR) is 113 cm³/mol. The van der Waals surface area contributed by atoms with Gasteiger partial charge in [-0.1, -0.05) is 30.3 Å². The van der Waals surface area contributed by atoms with Gasteiger partial charge in [-0.2, -0.15) is 0 Å². The summed E-state index contributed by atoms with van der Waals surface area (Å²) in [5.74, 6) is 1.04. The fraction of sp³-hybridized carbons (Fsp3) is 0.364. The van der Waals surface area contributed by atoms with E-state index in [0.29, 0.717) is 6.42 Å². The molecule has 1 aromatic heterocycles. The number of nitrogens with one attached hydrogen (secondary N) is 1. The van der Waals surface area contributed by atoms with Crippen molar-refractivity contribution in [3.8, 4) is 5.75 Å². The third-order valence-electron chi connectivity index (χ3n) is 5.18. The minimum Gasteiger partial charge on any atom is -0.496 e. The Kier molecular flexibility index (Phi) is 5.88. The van der Waals surface area contributed by atoms with E-state index in [1.165, 1.54) is 4.70 Å². The van der Waals surface area contributed by atoms with Crippen LogP contribution < -0.4 is 10.1 Å². The summed E-state index contributed by atoms with van der Waals surface area (Å²) in [4.78, 5) is 19.7. The number of nitrogens with zero attached hydrogens (tertiary/aromatic N) is 2. The molecular weight excluding hydrogens is 370 g/mol. The Morgan fingerprint density at radius 2 is 2.07 bits per heavy atom. The first-order valence-corrected chi connectivity index (χ1v) is 10.6. The molecule has 1 aliphatic rings. The highest BCUT2D eigenvalue weighted by atomic mass is 32.1. The summed E-state index contributed by atoms with van der Waals surface area (Å²) in [6.45, 7) is 2.31. The van der Waals surface area contributed by atoms with Gasteiger partial charge in [0.25, 0.3) is 0 Å². The van der Waals surface area contributed by atoms with Gasteiger partial charge in [-0.25, -0.2) is 4.98 Å². The number of hydrogen-bond acceptors (Lipinski definition) is 5. The van der Waals surface area contributed by atoms with Gasteiger partial charge in [0.15, 0.2) is 0 Å². The van der Waals surface area contributed by atoms with E-state index in [0.717, 1.165) is 54.3 Å². The molecule has 1 unspecified atom stereocenters. The number of aromatic nitrogens is 1. The number of carbonyl (C=O) groups excluding carboxylic acids is 1. The lowest BCUT2D eigenvalue weighted by Gasteiger charge is -2.37. The number of hydrogen-bond donors (Lipinski definition) is 1. The lowest BCUT2D eigenvalue weighted by molar-refractivity contribution is -0.134. The van der Waals surface area contributed by atoms with Gasteiger partial charge >= 0.3 is 0 Å². The number of fused-ring (bicyclic) bond motifs is 1. The standard InChI is InChI=1S/C22H25N3O2S/c1-27-19-9-4-2-7-16(19)18-15-23-13-14-25(18)22(26)12-6-11-21-24-17-8-3-5-10-20(17)28-21/h2-5,7-10,18,23H,6,11-15H2,1H3. The molecule has 1 aliphatic heterocycles. The molecule has 0 aliphatic carbocycles. The van der Waals surface area contributed by atoms with Crippen LogP contribution >= 0.6 is 11.3 Å². The average Bonchev–Trinajstić information content (AvgIpc) is 3.16. The SMILES string of the molecule is COc1ccccc1C1CNCCN1C(=O)CCCc1nc2ccccc2s1. The summed E-state index contributed by atoms with van der Waals surface area (Å²) < 4.78 is 6.73. The van der Waals surface area contributed by atoms with Crippen molar-refractivity contribution < 1.29 is 9.53 Å². The number of methoxy groups -OCH3 is 1. The smallest absolute Gasteiger partial charge is 0.223 e. The second kappa shape index (κ2) is 8.71. The number of carbonyl (C=O) groups is 1. The molecule has 3 aromatic rings. The highest BCUT2D eigenvalue weighted by molar-refractivity contribution is 7.18. The maximum atomic E-state index is 13.0. The molecule has 4 rings (SSSR count). The number of aryl methyl sites for hydroxylation is 1. The van der Waals surface area contributed by atoms with Crippen molar-refractivity contribution in [2.45, 2.75) is 25.3 Å². The summed E-state index contributed by atoms with van der Waals surface area (Å²) >= 11 is 1.72. The lowest BCUT2D eigenvalue weighted by Crippen LogP contribution is -2.48. The van der Waals surface area contributed by atoms with Crippen molar-refractivity contribution in [1.29, 1.82) is 0 Å². The van der Waals surface area contributed by atoms with Crippen LogP contribution in [-0.4, -0.2) is 42.5 Å². The van der Waals surface area contributed by atoms with Crippen LogP contribution in [0.25, 0.3) is 10.2 Å². The van der Waals surface area contributed by atoms with Crippen molar-refractivity contribution in [3.05, 3.63) is 59.1 Å². The molecule has 0 radical (unpaired) electrons. The Hall–Kier alpha value is -2.44. The van der Waals surface area contributed by atoms with Crippen LogP contribution in [0.1, 0.15) is 29.5 Å². The normalized spacial score (nSPS) is 17.0. The van der Waals surface area contributed by atoms with Gasteiger partial charge in [0.2, 0.25) is 5.91 Å². The van der Waals surface area contributed by atoms with Crippen LogP contribution in [0, 0.1) is 0 Å². The van der Waals surface area contributed by atoms with E-state index < -0.39 is 0 Å². The monoisotopic (exact) mass is 395 g/mol. The molecular formula is C22H25N3O2S. The number of piperazine rings is 1. The van der Waals surface area contributed by atoms with E-state index in [-0.39, 0.29) is 11.9 Å². The van der Waals surface area contributed by atoms with Crippen LogP contribution in [-0.2, 0) is 11.2 Å². The fourth-order valence-corrected chi connectivity index (χ4v) is 4.79. The maximum absolute atomic E-state index is 13.0. The van der Waals surface area contributed by atoms with Crippen LogP contribution in [0.15, 0.2) is 48.5 Å². The zero-order chi connectivity index (χ0) is 19.3. The van der Waals surface area contributed by atoms with Crippen molar-refractivity contribution in [2.75, 3.05) is 26.7 Å². The van der Waals surface area contributed by atoms with E-state index in [4.69, 9.17) is 4.74 Å². The molecule has 28 heavy (non-hydrogen) atoms. The molecule has 5 nitrogen and oxygen atoms in total. The summed E-state index contributed by atoms with van der Waals surface area (Å²) in [6, 6.07) is 16.2. The Labute approximate surface area is 169 Å². The highest BCUT2D eigenvalue weighted by Gasteiger charge is 2.29. The molecule has 1 saturated heterocycles. The van der Waals surface area contributed by atoms with E-state index in [9.17, 15) is 4.79 Å².